The molecule has 1 unspecified atom stereocenters. The van der Waals surface area contributed by atoms with Crippen molar-refractivity contribution < 1.29 is 28.3 Å². The van der Waals surface area contributed by atoms with Gasteiger partial charge in [-0.15, -0.1) is 5.10 Å². The van der Waals surface area contributed by atoms with E-state index in [1.54, 1.807) is 75.4 Å². The number of esters is 1. The van der Waals surface area contributed by atoms with Gasteiger partial charge in [0.1, 0.15) is 23.6 Å². The van der Waals surface area contributed by atoms with Crippen LogP contribution in [0.15, 0.2) is 83.5 Å². The normalized spacial score (nSPS) is 11.9. The molecular weight excluding hydrogens is 602 g/mol. The van der Waals surface area contributed by atoms with Gasteiger partial charge in [-0.1, -0.05) is 41.9 Å². The summed E-state index contributed by atoms with van der Waals surface area (Å²) in [5.74, 6) is -2.23. The number of halogens is 1. The number of furan rings is 1. The Labute approximate surface area is 262 Å². The Morgan fingerprint density at radius 3 is 2.53 bits per heavy atom. The van der Waals surface area contributed by atoms with Crippen LogP contribution in [0.3, 0.4) is 0 Å². The molecule has 2 N–H and O–H groups in total. The van der Waals surface area contributed by atoms with E-state index in [0.717, 1.165) is 10.6 Å². The molecule has 13 nitrogen and oxygen atoms in total. The Hall–Kier alpha value is -5.56. The summed E-state index contributed by atoms with van der Waals surface area (Å²) in [4.78, 5) is 51.4. The summed E-state index contributed by atoms with van der Waals surface area (Å²) in [5.41, 5.74) is 4.34. The Balaban J connectivity index is 1.48. The third-order valence-electron chi connectivity index (χ3n) is 6.40. The van der Waals surface area contributed by atoms with Crippen LogP contribution in [0.1, 0.15) is 36.9 Å². The average molecular weight is 630 g/mol. The van der Waals surface area contributed by atoms with Crippen LogP contribution in [0.5, 0.6) is 0 Å². The van der Waals surface area contributed by atoms with E-state index >= 15 is 0 Å². The molecule has 0 radical (unpaired) electrons. The molecule has 0 aliphatic heterocycles. The number of hydrogen-bond acceptors (Lipinski definition) is 10. The van der Waals surface area contributed by atoms with Crippen molar-refractivity contribution in [2.24, 2.45) is 0 Å². The van der Waals surface area contributed by atoms with Crippen LogP contribution in [0.2, 0.25) is 5.02 Å². The zero-order chi connectivity index (χ0) is 32.1. The second-order valence-electron chi connectivity index (χ2n) is 10.9. The Bertz CT molecular complexity index is 1850. The van der Waals surface area contributed by atoms with Crippen molar-refractivity contribution in [2.75, 3.05) is 10.7 Å². The van der Waals surface area contributed by atoms with Crippen LogP contribution >= 0.6 is 11.6 Å². The van der Waals surface area contributed by atoms with Gasteiger partial charge >= 0.3 is 11.9 Å². The fraction of sp³-hybridized carbons (Fsp3) is 0.194. The highest BCUT2D eigenvalue weighted by Crippen LogP contribution is 2.27. The van der Waals surface area contributed by atoms with Crippen LogP contribution in [0.25, 0.3) is 16.7 Å². The molecule has 0 spiro atoms. The largest absolute Gasteiger partial charge is 0.454 e. The van der Waals surface area contributed by atoms with Crippen molar-refractivity contribution in [2.45, 2.75) is 38.8 Å². The molecule has 0 fully saturated rings. The van der Waals surface area contributed by atoms with Crippen LogP contribution in [-0.2, 0) is 25.5 Å². The number of aromatic nitrogens is 4. The van der Waals surface area contributed by atoms with Gasteiger partial charge in [0.2, 0.25) is 18.0 Å². The number of aldehydes is 1. The van der Waals surface area contributed by atoms with Crippen LogP contribution in [0.4, 0.5) is 11.4 Å². The lowest BCUT2D eigenvalue weighted by Gasteiger charge is -2.31. The van der Waals surface area contributed by atoms with E-state index in [2.05, 4.69) is 26.3 Å². The molecule has 2 aromatic heterocycles. The molecule has 0 aliphatic rings. The number of benzene rings is 3. The highest BCUT2D eigenvalue weighted by Gasteiger charge is 2.32. The molecule has 0 saturated heterocycles. The van der Waals surface area contributed by atoms with Gasteiger partial charge in [0.25, 0.3) is 0 Å². The minimum atomic E-state index is -1.23. The minimum Gasteiger partial charge on any atom is -0.454 e. The number of anilines is 2. The zero-order valence-electron chi connectivity index (χ0n) is 24.4. The predicted molar refractivity (Wildman–Crippen MR) is 165 cm³/mol. The Morgan fingerprint density at radius 2 is 1.84 bits per heavy atom. The molecule has 3 aromatic carbocycles. The van der Waals surface area contributed by atoms with Crippen LogP contribution < -0.4 is 10.7 Å². The number of carbonyl (C=O) groups is 4. The monoisotopic (exact) mass is 629 g/mol. The number of ether oxygens (including phenoxy) is 1. The number of carbonyl (C=O) groups excluding carboxylic acids is 4. The van der Waals surface area contributed by atoms with Gasteiger partial charge in [-0.25, -0.2) is 9.80 Å². The van der Waals surface area contributed by atoms with E-state index in [1.165, 1.54) is 23.1 Å². The minimum absolute atomic E-state index is 0.0113. The van der Waals surface area contributed by atoms with E-state index in [9.17, 15) is 19.2 Å². The topological polar surface area (TPSA) is 162 Å². The maximum atomic E-state index is 13.9. The maximum Gasteiger partial charge on any atom is 0.374 e. The molecule has 2 amide bonds. The third-order valence-corrected chi connectivity index (χ3v) is 6.64. The van der Waals surface area contributed by atoms with Gasteiger partial charge in [0.05, 0.1) is 11.4 Å². The summed E-state index contributed by atoms with van der Waals surface area (Å²) < 4.78 is 12.4. The standard InChI is InChI=1S/C31H28ClN7O6/c1-31(2,3)45-30(43)27-15-20-14-22(10-12-26(20)44-27)34-29(42)25(13-19-7-5-4-6-8-19)39(28(41)17-40)35-23-16-21(32)9-11-24(23)38-18-33-36-37-38/h4-12,14-18,25,35H,13H2,1-3H3,(H,34,42). The van der Waals surface area contributed by atoms with Gasteiger partial charge in [-0.3, -0.25) is 19.8 Å². The first-order chi connectivity index (χ1) is 21.5. The molecule has 230 valence electrons. The zero-order valence-corrected chi connectivity index (χ0v) is 25.2. The molecule has 0 saturated carbocycles. The molecule has 5 rings (SSSR count). The molecule has 1 atom stereocenters. The molecule has 5 aromatic rings. The number of fused-ring (bicyclic) bond motifs is 1. The van der Waals surface area contributed by atoms with Crippen molar-refractivity contribution >= 4 is 58.0 Å². The first kappa shape index (κ1) is 30.9. The number of amides is 2. The quantitative estimate of drug-likeness (QED) is 0.0965. The fourth-order valence-electron chi connectivity index (χ4n) is 4.46. The van der Waals surface area contributed by atoms with E-state index in [1.807, 2.05) is 6.07 Å². The fourth-order valence-corrected chi connectivity index (χ4v) is 4.63. The van der Waals surface area contributed by atoms with Crippen molar-refractivity contribution in [1.29, 1.82) is 0 Å². The number of tetrazole rings is 1. The molecule has 0 bridgehead atoms. The van der Waals surface area contributed by atoms with Gasteiger partial charge < -0.3 is 14.5 Å². The van der Waals surface area contributed by atoms with Crippen molar-refractivity contribution in [3.8, 4) is 5.69 Å². The highest BCUT2D eigenvalue weighted by molar-refractivity contribution is 6.31. The Morgan fingerprint density at radius 1 is 1.07 bits per heavy atom. The van der Waals surface area contributed by atoms with Crippen LogP contribution in [0, 0.1) is 0 Å². The summed E-state index contributed by atoms with van der Waals surface area (Å²) in [6, 6.07) is 18.8. The van der Waals surface area contributed by atoms with Gasteiger partial charge in [0.15, 0.2) is 0 Å². The number of hydrogen-bond donors (Lipinski definition) is 2. The number of nitrogens with zero attached hydrogens (tertiary/aromatic N) is 5. The predicted octanol–water partition coefficient (Wildman–Crippen LogP) is 4.62. The summed E-state index contributed by atoms with van der Waals surface area (Å²) in [5, 5.41) is 15.8. The summed E-state index contributed by atoms with van der Waals surface area (Å²) in [6.45, 7) is 5.25. The lowest BCUT2D eigenvalue weighted by molar-refractivity contribution is -0.141. The van der Waals surface area contributed by atoms with Gasteiger partial charge in [-0.05, 0) is 79.2 Å². The van der Waals surface area contributed by atoms with E-state index in [0.29, 0.717) is 27.4 Å². The first-order valence-electron chi connectivity index (χ1n) is 13.7. The summed E-state index contributed by atoms with van der Waals surface area (Å²) in [6.07, 6.45) is 1.49. The lowest BCUT2D eigenvalue weighted by Crippen LogP contribution is -2.52. The number of rotatable bonds is 10. The van der Waals surface area contributed by atoms with Gasteiger partial charge in [0, 0.05) is 22.5 Å². The van der Waals surface area contributed by atoms with E-state index in [-0.39, 0.29) is 24.2 Å². The SMILES string of the molecule is CC(C)(C)OC(=O)c1cc2cc(NC(=O)C(Cc3ccccc3)N(Nc3cc(Cl)ccc3-n3cnnn3)C(=O)C=O)ccc2o1. The average Bonchev–Trinajstić information content (AvgIpc) is 3.69. The molecule has 0 aliphatic carbocycles. The number of hydrazine groups is 1. The van der Waals surface area contributed by atoms with E-state index in [4.69, 9.17) is 20.8 Å². The second-order valence-corrected chi connectivity index (χ2v) is 11.4. The smallest absolute Gasteiger partial charge is 0.374 e. The molecule has 14 heteroatoms. The van der Waals surface area contributed by atoms with Crippen molar-refractivity contribution in [1.82, 2.24) is 25.2 Å². The first-order valence-corrected chi connectivity index (χ1v) is 14.1. The summed E-state index contributed by atoms with van der Waals surface area (Å²) in [7, 11) is 0. The molecule has 45 heavy (non-hydrogen) atoms. The van der Waals surface area contributed by atoms with Crippen LogP contribution in [-0.4, -0.2) is 60.9 Å². The van der Waals surface area contributed by atoms with Gasteiger partial charge in [-0.2, -0.15) is 4.68 Å². The molecular formula is C31H28ClN7O6. The lowest BCUT2D eigenvalue weighted by atomic mass is 10.0. The maximum absolute atomic E-state index is 13.9. The summed E-state index contributed by atoms with van der Waals surface area (Å²) >= 11 is 6.26. The van der Waals surface area contributed by atoms with Crippen molar-refractivity contribution in [3.05, 3.63) is 95.5 Å². The molecule has 2 heterocycles. The third kappa shape index (κ3) is 7.51. The highest BCUT2D eigenvalue weighted by atomic mass is 35.5. The Kier molecular flexibility index (Phi) is 8.91. The van der Waals surface area contributed by atoms with E-state index < -0.39 is 29.4 Å². The second kappa shape index (κ2) is 13.0. The number of nitrogens with one attached hydrogen (secondary N) is 2. The van der Waals surface area contributed by atoms with Crippen molar-refractivity contribution in [3.63, 3.8) is 0 Å².